The van der Waals surface area contributed by atoms with E-state index in [0.29, 0.717) is 31.1 Å². The molecule has 3 atom stereocenters. The molecule has 92 valence electrons. The van der Waals surface area contributed by atoms with Gasteiger partial charge in [0.1, 0.15) is 6.61 Å². The number of hydrogen-bond acceptors (Lipinski definition) is 4. The lowest BCUT2D eigenvalue weighted by Gasteiger charge is -2.32. The first kappa shape index (κ1) is 11.9. The summed E-state index contributed by atoms with van der Waals surface area (Å²) in [5.41, 5.74) is 0. The zero-order chi connectivity index (χ0) is 11.5. The topological polar surface area (TPSA) is 47.6 Å². The second kappa shape index (κ2) is 5.15. The quantitative estimate of drug-likeness (QED) is 0.539. The number of fused-ring (bicyclic) bond motifs is 1. The van der Waals surface area contributed by atoms with Crippen molar-refractivity contribution in [1.82, 2.24) is 5.32 Å². The third-order valence-electron chi connectivity index (χ3n) is 3.34. The lowest BCUT2D eigenvalue weighted by molar-refractivity contribution is -0.155. The summed E-state index contributed by atoms with van der Waals surface area (Å²) in [6.07, 6.45) is 1.14. The highest BCUT2D eigenvalue weighted by atomic mass is 16.6. The van der Waals surface area contributed by atoms with Gasteiger partial charge in [-0.1, -0.05) is 13.8 Å². The Balaban J connectivity index is 1.55. The van der Waals surface area contributed by atoms with Gasteiger partial charge < -0.3 is 14.8 Å². The van der Waals surface area contributed by atoms with Crippen LogP contribution in [-0.2, 0) is 14.3 Å². The molecule has 3 rings (SSSR count). The van der Waals surface area contributed by atoms with E-state index in [4.69, 9.17) is 9.47 Å². The van der Waals surface area contributed by atoms with Crippen molar-refractivity contribution in [2.45, 2.75) is 26.3 Å². The Labute approximate surface area is 96.7 Å². The number of hydrogen-bond donors (Lipinski definition) is 1. The van der Waals surface area contributed by atoms with Gasteiger partial charge in [0.05, 0.1) is 12.5 Å². The zero-order valence-electron chi connectivity index (χ0n) is 10.1. The molecule has 3 aliphatic rings. The van der Waals surface area contributed by atoms with Crippen LogP contribution >= 0.6 is 0 Å². The minimum absolute atomic E-state index is 0.0422. The van der Waals surface area contributed by atoms with Gasteiger partial charge in [-0.05, 0) is 24.8 Å². The fourth-order valence-electron chi connectivity index (χ4n) is 2.45. The second-order valence-corrected chi connectivity index (χ2v) is 5.17. The Kier molecular flexibility index (Phi) is 3.82. The van der Waals surface area contributed by atoms with Gasteiger partial charge in [-0.2, -0.15) is 0 Å². The van der Waals surface area contributed by atoms with Crippen LogP contribution in [0.1, 0.15) is 20.3 Å². The van der Waals surface area contributed by atoms with Gasteiger partial charge in [0.2, 0.25) is 0 Å². The molecular weight excluding hydrogens is 206 g/mol. The van der Waals surface area contributed by atoms with E-state index in [1.165, 1.54) is 0 Å². The molecule has 1 aliphatic carbocycles. The molecule has 4 nitrogen and oxygen atoms in total. The van der Waals surface area contributed by atoms with Crippen LogP contribution in [0.25, 0.3) is 0 Å². The van der Waals surface area contributed by atoms with Crippen LogP contribution in [0.5, 0.6) is 0 Å². The number of ether oxygens (including phenoxy) is 2. The van der Waals surface area contributed by atoms with E-state index >= 15 is 0 Å². The van der Waals surface area contributed by atoms with E-state index in [9.17, 15) is 4.79 Å². The number of esters is 1. The molecule has 0 amide bonds. The summed E-state index contributed by atoms with van der Waals surface area (Å²) in [6, 6.07) is 0.383. The Morgan fingerprint density at radius 3 is 2.81 bits per heavy atom. The zero-order valence-corrected chi connectivity index (χ0v) is 10.1. The van der Waals surface area contributed by atoms with Crippen molar-refractivity contribution in [2.75, 3.05) is 26.4 Å². The van der Waals surface area contributed by atoms with E-state index in [0.717, 1.165) is 19.6 Å². The van der Waals surface area contributed by atoms with E-state index in [1.807, 2.05) is 0 Å². The third-order valence-corrected chi connectivity index (χ3v) is 3.34. The van der Waals surface area contributed by atoms with Crippen molar-refractivity contribution in [2.24, 2.45) is 17.8 Å². The molecule has 2 aliphatic heterocycles. The third kappa shape index (κ3) is 2.55. The lowest BCUT2D eigenvalue weighted by atomic mass is 9.74. The fourth-order valence-corrected chi connectivity index (χ4v) is 2.45. The van der Waals surface area contributed by atoms with Crippen LogP contribution in [-0.4, -0.2) is 38.4 Å². The fraction of sp³-hybridized carbons (Fsp3) is 0.917. The largest absolute Gasteiger partial charge is 0.463 e. The number of carbonyl (C=O) groups is 1. The normalized spacial score (nSPS) is 31.6. The van der Waals surface area contributed by atoms with Gasteiger partial charge in [0, 0.05) is 12.6 Å². The van der Waals surface area contributed by atoms with Crippen molar-refractivity contribution in [3.05, 3.63) is 0 Å². The minimum Gasteiger partial charge on any atom is -0.463 e. The van der Waals surface area contributed by atoms with E-state index in [-0.39, 0.29) is 11.9 Å². The summed E-state index contributed by atoms with van der Waals surface area (Å²) in [5, 5.41) is 3.31. The maximum absolute atomic E-state index is 11.7. The van der Waals surface area contributed by atoms with Crippen LogP contribution in [0.3, 0.4) is 0 Å². The second-order valence-electron chi connectivity index (χ2n) is 5.17. The first-order chi connectivity index (χ1) is 7.68. The highest BCUT2D eigenvalue weighted by molar-refractivity contribution is 5.75. The molecule has 2 bridgehead atoms. The summed E-state index contributed by atoms with van der Waals surface area (Å²) in [7, 11) is 0. The molecule has 16 heavy (non-hydrogen) atoms. The first-order valence-corrected chi connectivity index (χ1v) is 6.16. The van der Waals surface area contributed by atoms with Crippen molar-refractivity contribution >= 4 is 5.97 Å². The van der Waals surface area contributed by atoms with Crippen LogP contribution in [0.15, 0.2) is 0 Å². The molecule has 3 unspecified atom stereocenters. The molecule has 0 aromatic heterocycles. The van der Waals surface area contributed by atoms with E-state index in [1.54, 1.807) is 0 Å². The van der Waals surface area contributed by atoms with Gasteiger partial charge in [0.15, 0.2) is 0 Å². The average Bonchev–Trinajstić information content (AvgIpc) is 2.77. The number of carbonyl (C=O) groups excluding carboxylic acids is 1. The van der Waals surface area contributed by atoms with E-state index in [2.05, 4.69) is 19.2 Å². The lowest BCUT2D eigenvalue weighted by Crippen LogP contribution is -2.43. The Morgan fingerprint density at radius 1 is 1.44 bits per heavy atom. The predicted octanol–water partition coefficient (Wildman–Crippen LogP) is 0.810. The van der Waals surface area contributed by atoms with Gasteiger partial charge in [0.25, 0.3) is 0 Å². The van der Waals surface area contributed by atoms with Crippen LogP contribution in [0.2, 0.25) is 0 Å². The molecule has 1 saturated carbocycles. The maximum Gasteiger partial charge on any atom is 0.310 e. The molecular formula is C12H21NO3. The molecule has 1 N–H and O–H groups in total. The highest BCUT2D eigenvalue weighted by Crippen LogP contribution is 2.40. The van der Waals surface area contributed by atoms with Gasteiger partial charge in [-0.25, -0.2) is 0 Å². The maximum atomic E-state index is 11.7. The van der Waals surface area contributed by atoms with Crippen LogP contribution < -0.4 is 5.32 Å². The van der Waals surface area contributed by atoms with Crippen molar-refractivity contribution in [3.63, 3.8) is 0 Å². The number of rotatable bonds is 6. The van der Waals surface area contributed by atoms with Gasteiger partial charge >= 0.3 is 5.97 Å². The Bertz CT molecular complexity index is 241. The van der Waals surface area contributed by atoms with Crippen LogP contribution in [0.4, 0.5) is 0 Å². The molecule has 4 heteroatoms. The first-order valence-electron chi connectivity index (χ1n) is 6.16. The molecule has 3 fully saturated rings. The van der Waals surface area contributed by atoms with Crippen molar-refractivity contribution < 1.29 is 14.3 Å². The van der Waals surface area contributed by atoms with Crippen molar-refractivity contribution in [3.8, 4) is 0 Å². The minimum atomic E-state index is -0.0422. The average molecular weight is 227 g/mol. The van der Waals surface area contributed by atoms with E-state index < -0.39 is 0 Å². The standard InChI is InChI=1S/C12H21NO3/c1-8(2)7-15-3-4-16-12(14)11-9-5-10(11)13-6-9/h8-11,13H,3-7H2,1-2H3. The van der Waals surface area contributed by atoms with Gasteiger partial charge in [-0.3, -0.25) is 4.79 Å². The Hall–Kier alpha value is -0.610. The summed E-state index contributed by atoms with van der Waals surface area (Å²) in [5.74, 6) is 1.13. The summed E-state index contributed by atoms with van der Waals surface area (Å²) in [6.45, 7) is 6.82. The molecule has 2 heterocycles. The smallest absolute Gasteiger partial charge is 0.310 e. The molecule has 0 aromatic rings. The molecule has 0 spiro atoms. The summed E-state index contributed by atoms with van der Waals surface area (Å²) < 4.78 is 10.6. The highest BCUT2D eigenvalue weighted by Gasteiger charge is 2.51. The van der Waals surface area contributed by atoms with Crippen molar-refractivity contribution in [1.29, 1.82) is 0 Å². The Morgan fingerprint density at radius 2 is 2.25 bits per heavy atom. The van der Waals surface area contributed by atoms with Crippen LogP contribution in [0, 0.1) is 17.8 Å². The SMILES string of the molecule is CC(C)COCCOC(=O)C1C2CNC1C2. The summed E-state index contributed by atoms with van der Waals surface area (Å²) in [4.78, 5) is 11.7. The predicted molar refractivity (Wildman–Crippen MR) is 60.0 cm³/mol. The number of nitrogens with one attached hydrogen (secondary N) is 1. The molecule has 0 aromatic carbocycles. The summed E-state index contributed by atoms with van der Waals surface area (Å²) >= 11 is 0. The van der Waals surface area contributed by atoms with Gasteiger partial charge in [-0.15, -0.1) is 0 Å². The monoisotopic (exact) mass is 227 g/mol. The molecule has 2 saturated heterocycles. The molecule has 0 radical (unpaired) electrons.